The van der Waals surface area contributed by atoms with E-state index in [1.807, 2.05) is 0 Å². The van der Waals surface area contributed by atoms with Crippen LogP contribution >= 0.6 is 12.2 Å². The molecule has 0 aliphatic rings. The van der Waals surface area contributed by atoms with Gasteiger partial charge in [0, 0.05) is 11.6 Å². The van der Waals surface area contributed by atoms with E-state index in [9.17, 15) is 12.8 Å². The topological polar surface area (TPSA) is 72.2 Å². The number of benzene rings is 1. The lowest BCUT2D eigenvalue weighted by atomic mass is 10.1. The minimum Gasteiger partial charge on any atom is -0.392 e. The molecule has 1 aromatic rings. The number of thiocarbonyl (C=S) groups is 1. The Bertz CT molecular complexity index is 517. The largest absolute Gasteiger partial charge is 0.392 e. The number of halogens is 1. The number of sulfonamides is 1. The average Bonchev–Trinajstić information content (AvgIpc) is 2.14. The third-order valence-corrected chi connectivity index (χ3v) is 3.79. The maximum atomic E-state index is 13.4. The maximum Gasteiger partial charge on any atom is 0.218 e. The minimum atomic E-state index is -3.63. The van der Waals surface area contributed by atoms with E-state index in [0.29, 0.717) is 0 Å². The van der Waals surface area contributed by atoms with Crippen LogP contribution in [0.25, 0.3) is 0 Å². The quantitative estimate of drug-likeness (QED) is 0.790. The summed E-state index contributed by atoms with van der Waals surface area (Å²) in [5, 5.41) is 0. The smallest absolute Gasteiger partial charge is 0.218 e. The summed E-state index contributed by atoms with van der Waals surface area (Å²) in [6, 6.07) is 5.29. The predicted molar refractivity (Wildman–Crippen MR) is 68.5 cm³/mol. The van der Waals surface area contributed by atoms with Crippen LogP contribution in [0.2, 0.25) is 0 Å². The van der Waals surface area contributed by atoms with Crippen molar-refractivity contribution in [2.45, 2.75) is 13.0 Å². The fourth-order valence-corrected chi connectivity index (χ4v) is 2.98. The van der Waals surface area contributed by atoms with Crippen LogP contribution in [0.1, 0.15) is 18.5 Å². The molecular formula is C10H13FN2O2S2. The zero-order chi connectivity index (χ0) is 13.1. The van der Waals surface area contributed by atoms with E-state index in [4.69, 9.17) is 5.73 Å². The van der Waals surface area contributed by atoms with E-state index in [0.717, 1.165) is 0 Å². The normalized spacial score (nSPS) is 13.3. The molecular weight excluding hydrogens is 263 g/mol. The molecule has 0 bridgehead atoms. The summed E-state index contributed by atoms with van der Waals surface area (Å²) in [5.74, 6) is -0.903. The Hall–Kier alpha value is -1.05. The molecule has 0 aliphatic heterocycles. The standard InChI is InChI=1S/C10H13FN2O2S2/c1-7(8-4-2-3-5-9(8)11)13-17(14,15)6-10(12)16/h2-5,7,13H,6H2,1H3,(H2,12,16). The van der Waals surface area contributed by atoms with Gasteiger partial charge in [0.2, 0.25) is 10.0 Å². The molecule has 0 saturated carbocycles. The molecule has 0 heterocycles. The van der Waals surface area contributed by atoms with Gasteiger partial charge in [-0.3, -0.25) is 0 Å². The Labute approximate surface area is 105 Å². The molecule has 0 aromatic heterocycles. The van der Waals surface area contributed by atoms with Crippen molar-refractivity contribution >= 4 is 27.2 Å². The third kappa shape index (κ3) is 4.37. The molecule has 3 N–H and O–H groups in total. The monoisotopic (exact) mass is 276 g/mol. The Balaban J connectivity index is 2.83. The van der Waals surface area contributed by atoms with Crippen molar-refractivity contribution < 1.29 is 12.8 Å². The first kappa shape index (κ1) is 14.0. The van der Waals surface area contributed by atoms with Crippen molar-refractivity contribution in [1.29, 1.82) is 0 Å². The second kappa shape index (κ2) is 5.52. The molecule has 0 fully saturated rings. The summed E-state index contributed by atoms with van der Waals surface area (Å²) in [7, 11) is -3.63. The van der Waals surface area contributed by atoms with Crippen LogP contribution in [0, 0.1) is 5.82 Å². The Morgan fingerprint density at radius 3 is 2.65 bits per heavy atom. The van der Waals surface area contributed by atoms with Gasteiger partial charge >= 0.3 is 0 Å². The predicted octanol–water partition coefficient (Wildman–Crippen LogP) is 1.09. The van der Waals surface area contributed by atoms with E-state index in [-0.39, 0.29) is 10.6 Å². The van der Waals surface area contributed by atoms with Crippen molar-refractivity contribution in [1.82, 2.24) is 4.72 Å². The van der Waals surface area contributed by atoms with Crippen molar-refractivity contribution in [2.24, 2.45) is 5.73 Å². The molecule has 1 unspecified atom stereocenters. The molecule has 0 radical (unpaired) electrons. The summed E-state index contributed by atoms with van der Waals surface area (Å²) in [4.78, 5) is -0.127. The van der Waals surface area contributed by atoms with Crippen molar-refractivity contribution in [3.05, 3.63) is 35.6 Å². The van der Waals surface area contributed by atoms with E-state index in [1.54, 1.807) is 13.0 Å². The van der Waals surface area contributed by atoms with E-state index < -0.39 is 27.6 Å². The van der Waals surface area contributed by atoms with Crippen molar-refractivity contribution in [3.8, 4) is 0 Å². The SMILES string of the molecule is CC(NS(=O)(=O)CC(N)=S)c1ccccc1F. The summed E-state index contributed by atoms with van der Waals surface area (Å²) in [6.07, 6.45) is 0. The van der Waals surface area contributed by atoms with Gasteiger partial charge < -0.3 is 5.73 Å². The first-order valence-corrected chi connectivity index (χ1v) is 6.90. The highest BCUT2D eigenvalue weighted by Crippen LogP contribution is 2.16. The second-order valence-corrected chi connectivity index (χ2v) is 5.86. The second-order valence-electron chi connectivity index (χ2n) is 3.59. The van der Waals surface area contributed by atoms with Gasteiger partial charge in [0.1, 0.15) is 11.6 Å². The minimum absolute atomic E-state index is 0.127. The van der Waals surface area contributed by atoms with Crippen LogP contribution in [0.15, 0.2) is 24.3 Å². The van der Waals surface area contributed by atoms with E-state index in [2.05, 4.69) is 16.9 Å². The Kier molecular flexibility index (Phi) is 4.55. The van der Waals surface area contributed by atoms with Gasteiger partial charge in [-0.25, -0.2) is 17.5 Å². The lowest BCUT2D eigenvalue weighted by molar-refractivity contribution is 0.553. The van der Waals surface area contributed by atoms with Gasteiger partial charge in [-0.1, -0.05) is 30.4 Å². The Morgan fingerprint density at radius 1 is 1.53 bits per heavy atom. The zero-order valence-electron chi connectivity index (χ0n) is 9.18. The zero-order valence-corrected chi connectivity index (χ0v) is 10.8. The van der Waals surface area contributed by atoms with Crippen LogP contribution in [-0.2, 0) is 10.0 Å². The fourth-order valence-electron chi connectivity index (χ4n) is 1.39. The highest BCUT2D eigenvalue weighted by atomic mass is 32.2. The third-order valence-electron chi connectivity index (χ3n) is 2.06. The lowest BCUT2D eigenvalue weighted by Crippen LogP contribution is -2.34. The van der Waals surface area contributed by atoms with Crippen LogP contribution < -0.4 is 10.5 Å². The maximum absolute atomic E-state index is 13.4. The molecule has 0 spiro atoms. The molecule has 1 rings (SSSR count). The Morgan fingerprint density at radius 2 is 2.12 bits per heavy atom. The molecule has 7 heteroatoms. The first-order chi connectivity index (χ1) is 7.82. The molecule has 94 valence electrons. The summed E-state index contributed by atoms with van der Waals surface area (Å²) in [5.41, 5.74) is 5.44. The molecule has 0 saturated heterocycles. The van der Waals surface area contributed by atoms with E-state index in [1.165, 1.54) is 18.2 Å². The summed E-state index contributed by atoms with van der Waals surface area (Å²) < 4.78 is 38.8. The van der Waals surface area contributed by atoms with Crippen LogP contribution in [0.4, 0.5) is 4.39 Å². The van der Waals surface area contributed by atoms with Crippen LogP contribution in [0.5, 0.6) is 0 Å². The number of hydrogen-bond donors (Lipinski definition) is 2. The first-order valence-electron chi connectivity index (χ1n) is 4.84. The fraction of sp³-hybridized carbons (Fsp3) is 0.300. The number of rotatable bonds is 5. The lowest BCUT2D eigenvalue weighted by Gasteiger charge is -2.14. The van der Waals surface area contributed by atoms with Gasteiger partial charge in [0.15, 0.2) is 0 Å². The molecule has 4 nitrogen and oxygen atoms in total. The van der Waals surface area contributed by atoms with Gasteiger partial charge in [0.05, 0.1) is 4.99 Å². The summed E-state index contributed by atoms with van der Waals surface area (Å²) in [6.45, 7) is 1.55. The van der Waals surface area contributed by atoms with Crippen LogP contribution in [-0.4, -0.2) is 19.2 Å². The van der Waals surface area contributed by atoms with Crippen molar-refractivity contribution in [2.75, 3.05) is 5.75 Å². The number of nitrogens with one attached hydrogen (secondary N) is 1. The number of nitrogens with two attached hydrogens (primary N) is 1. The average molecular weight is 276 g/mol. The summed E-state index contributed by atoms with van der Waals surface area (Å²) >= 11 is 4.52. The molecule has 1 atom stereocenters. The van der Waals surface area contributed by atoms with Gasteiger partial charge in [-0.05, 0) is 13.0 Å². The van der Waals surface area contributed by atoms with Crippen LogP contribution in [0.3, 0.4) is 0 Å². The van der Waals surface area contributed by atoms with Gasteiger partial charge in [-0.15, -0.1) is 0 Å². The molecule has 1 aromatic carbocycles. The van der Waals surface area contributed by atoms with E-state index >= 15 is 0 Å². The molecule has 0 amide bonds. The highest BCUT2D eigenvalue weighted by Gasteiger charge is 2.18. The highest BCUT2D eigenvalue weighted by molar-refractivity contribution is 7.92. The molecule has 0 aliphatic carbocycles. The number of hydrogen-bond acceptors (Lipinski definition) is 3. The van der Waals surface area contributed by atoms with Gasteiger partial charge in [0.25, 0.3) is 0 Å². The molecule has 17 heavy (non-hydrogen) atoms. The van der Waals surface area contributed by atoms with Crippen molar-refractivity contribution in [3.63, 3.8) is 0 Å². The van der Waals surface area contributed by atoms with Gasteiger partial charge in [-0.2, -0.15) is 0 Å².